The van der Waals surface area contributed by atoms with Crippen LogP contribution in [0.4, 0.5) is 22.0 Å². The van der Waals surface area contributed by atoms with Crippen molar-refractivity contribution < 1.29 is 40.5 Å². The Morgan fingerprint density at radius 1 is 1.10 bits per heavy atom. The molecule has 120 valence electrons. The van der Waals surface area contributed by atoms with Crippen LogP contribution in [0.1, 0.15) is 38.5 Å². The molecule has 1 aliphatic rings. The van der Waals surface area contributed by atoms with E-state index in [2.05, 4.69) is 9.05 Å². The van der Waals surface area contributed by atoms with Crippen LogP contribution in [-0.2, 0) is 13.6 Å². The maximum atomic E-state index is 12.9. The molecule has 0 aromatic rings. The second-order valence-corrected chi connectivity index (χ2v) is 5.98. The quantitative estimate of drug-likeness (QED) is 0.577. The summed E-state index contributed by atoms with van der Waals surface area (Å²) in [5.41, 5.74) is 0. The van der Waals surface area contributed by atoms with E-state index in [9.17, 15) is 31.4 Å². The summed E-state index contributed by atoms with van der Waals surface area (Å²) < 4.78 is 82.3. The molecule has 0 bridgehead atoms. The molecule has 0 amide bonds. The summed E-state index contributed by atoms with van der Waals surface area (Å²) in [5.74, 6) is -5.00. The van der Waals surface area contributed by atoms with Gasteiger partial charge in [0.2, 0.25) is 0 Å². The lowest BCUT2D eigenvalue weighted by Crippen LogP contribution is -2.40. The molecule has 0 saturated carbocycles. The van der Waals surface area contributed by atoms with E-state index < -0.39 is 32.4 Å². The van der Waals surface area contributed by atoms with Crippen LogP contribution in [0.25, 0.3) is 0 Å². The maximum Gasteiger partial charge on any atom is 0.453 e. The molecule has 0 aromatic carbocycles. The van der Waals surface area contributed by atoms with Gasteiger partial charge in [-0.15, -0.1) is 0 Å². The fourth-order valence-electron chi connectivity index (χ4n) is 1.81. The maximum absolute atomic E-state index is 12.9. The molecule has 1 aliphatic heterocycles. The highest BCUT2D eigenvalue weighted by Gasteiger charge is 2.58. The minimum atomic E-state index is -5.74. The molecule has 0 radical (unpaired) electrons. The van der Waals surface area contributed by atoms with Crippen molar-refractivity contribution in [3.63, 3.8) is 0 Å². The zero-order valence-corrected chi connectivity index (χ0v) is 11.4. The summed E-state index contributed by atoms with van der Waals surface area (Å²) in [6.45, 7) is -0.164. The Kier molecular flexibility index (Phi) is 5.95. The molecule has 0 spiro atoms. The van der Waals surface area contributed by atoms with Crippen LogP contribution < -0.4 is 4.89 Å². The fourth-order valence-corrected chi connectivity index (χ4v) is 2.77. The van der Waals surface area contributed by atoms with Crippen molar-refractivity contribution in [1.29, 1.82) is 0 Å². The predicted octanol–water partition coefficient (Wildman–Crippen LogP) is 3.41. The van der Waals surface area contributed by atoms with Crippen LogP contribution >= 0.6 is 7.82 Å². The first kappa shape index (κ1) is 17.8. The van der Waals surface area contributed by atoms with Crippen LogP contribution in [0, 0.1) is 0 Å². The summed E-state index contributed by atoms with van der Waals surface area (Å²) in [7, 11) is -4.85. The molecular weight excluding hydrogens is 310 g/mol. The highest BCUT2D eigenvalue weighted by molar-refractivity contribution is 7.45. The third-order valence-electron chi connectivity index (χ3n) is 2.85. The van der Waals surface area contributed by atoms with Crippen LogP contribution in [0.2, 0.25) is 0 Å². The van der Waals surface area contributed by atoms with Crippen molar-refractivity contribution in [2.24, 2.45) is 0 Å². The van der Waals surface area contributed by atoms with E-state index in [0.29, 0.717) is 25.7 Å². The van der Waals surface area contributed by atoms with Gasteiger partial charge in [-0.2, -0.15) is 22.0 Å². The molecule has 20 heavy (non-hydrogen) atoms. The number of halogens is 5. The van der Waals surface area contributed by atoms with E-state index in [1.54, 1.807) is 0 Å². The number of hydrogen-bond acceptors (Lipinski definition) is 4. The summed E-state index contributed by atoms with van der Waals surface area (Å²) in [4.78, 5) is 11.3. The third-order valence-corrected chi connectivity index (χ3v) is 3.90. The number of rotatable bonds is 2. The van der Waals surface area contributed by atoms with Gasteiger partial charge in [-0.05, 0) is 12.8 Å². The lowest BCUT2D eigenvalue weighted by atomic mass is 10.0. The molecular formula is C10H15F5O4P-. The first-order valence-corrected chi connectivity index (χ1v) is 7.58. The highest BCUT2D eigenvalue weighted by Crippen LogP contribution is 2.46. The third kappa shape index (κ3) is 5.63. The Hall–Kier alpha value is -0.240. The van der Waals surface area contributed by atoms with Gasteiger partial charge < -0.3 is 13.9 Å². The standard InChI is InChI=1S/C10H16F5O4P/c11-9(12,10(13,14)15)7-8-5-3-1-2-4-6-18-20(16,17)19-8/h8H,1-7H2,(H,16,17)/p-1. The van der Waals surface area contributed by atoms with Gasteiger partial charge in [0.1, 0.15) is 0 Å². The van der Waals surface area contributed by atoms with Crippen molar-refractivity contribution in [3.8, 4) is 0 Å². The molecule has 1 saturated heterocycles. The lowest BCUT2D eigenvalue weighted by molar-refractivity contribution is -0.292. The van der Waals surface area contributed by atoms with E-state index in [1.807, 2.05) is 0 Å². The topological polar surface area (TPSA) is 58.6 Å². The minimum Gasteiger partial charge on any atom is -0.756 e. The van der Waals surface area contributed by atoms with E-state index >= 15 is 0 Å². The van der Waals surface area contributed by atoms with Gasteiger partial charge in [0.05, 0.1) is 12.7 Å². The van der Waals surface area contributed by atoms with Crippen LogP contribution in [-0.4, -0.2) is 24.8 Å². The molecule has 1 heterocycles. The smallest absolute Gasteiger partial charge is 0.453 e. The van der Waals surface area contributed by atoms with Gasteiger partial charge in [0, 0.05) is 6.42 Å². The molecule has 1 fully saturated rings. The van der Waals surface area contributed by atoms with Gasteiger partial charge in [-0.1, -0.05) is 19.3 Å². The van der Waals surface area contributed by atoms with Gasteiger partial charge in [0.25, 0.3) is 7.82 Å². The molecule has 2 atom stereocenters. The summed E-state index contributed by atoms with van der Waals surface area (Å²) in [6, 6.07) is 0. The fraction of sp³-hybridized carbons (Fsp3) is 1.00. The van der Waals surface area contributed by atoms with Crippen molar-refractivity contribution in [2.75, 3.05) is 6.61 Å². The van der Waals surface area contributed by atoms with Crippen LogP contribution in [0.3, 0.4) is 0 Å². The van der Waals surface area contributed by atoms with E-state index in [1.165, 1.54) is 0 Å². The van der Waals surface area contributed by atoms with E-state index in [0.717, 1.165) is 0 Å². The Morgan fingerprint density at radius 3 is 2.30 bits per heavy atom. The molecule has 0 N–H and O–H groups in total. The highest BCUT2D eigenvalue weighted by atomic mass is 31.2. The summed E-state index contributed by atoms with van der Waals surface area (Å²) in [5, 5.41) is 0. The Balaban J connectivity index is 2.75. The zero-order valence-electron chi connectivity index (χ0n) is 10.5. The molecule has 2 unspecified atom stereocenters. The van der Waals surface area contributed by atoms with Crippen molar-refractivity contribution >= 4 is 7.82 Å². The monoisotopic (exact) mass is 325 g/mol. The van der Waals surface area contributed by atoms with E-state index in [-0.39, 0.29) is 13.0 Å². The second-order valence-electron chi connectivity index (χ2n) is 4.62. The van der Waals surface area contributed by atoms with Crippen molar-refractivity contribution in [1.82, 2.24) is 0 Å². The Morgan fingerprint density at radius 2 is 1.70 bits per heavy atom. The van der Waals surface area contributed by atoms with E-state index in [4.69, 9.17) is 0 Å². The Labute approximate surface area is 112 Å². The van der Waals surface area contributed by atoms with Crippen LogP contribution in [0.15, 0.2) is 0 Å². The number of hydrogen-bond donors (Lipinski definition) is 0. The Bertz CT molecular complexity index is 360. The largest absolute Gasteiger partial charge is 0.756 e. The molecule has 1 rings (SSSR count). The minimum absolute atomic E-state index is 0.164. The zero-order chi connectivity index (χ0) is 15.4. The van der Waals surface area contributed by atoms with Gasteiger partial charge in [0.15, 0.2) is 0 Å². The first-order chi connectivity index (χ1) is 9.04. The second kappa shape index (κ2) is 6.68. The van der Waals surface area contributed by atoms with Gasteiger partial charge in [-0.3, -0.25) is 4.57 Å². The average Bonchev–Trinajstić information content (AvgIpc) is 2.24. The summed E-state index contributed by atoms with van der Waals surface area (Å²) in [6.07, 6.45) is -7.43. The first-order valence-electron chi connectivity index (χ1n) is 6.12. The van der Waals surface area contributed by atoms with Crippen molar-refractivity contribution in [3.05, 3.63) is 0 Å². The molecule has 0 aliphatic carbocycles. The molecule has 4 nitrogen and oxygen atoms in total. The average molecular weight is 325 g/mol. The number of phosphoric ester groups is 1. The summed E-state index contributed by atoms with van der Waals surface area (Å²) >= 11 is 0. The normalized spacial score (nSPS) is 31.0. The van der Waals surface area contributed by atoms with Gasteiger partial charge in [-0.25, -0.2) is 0 Å². The molecule has 10 heteroatoms. The number of alkyl halides is 5. The SMILES string of the molecule is O=P1([O-])OCCCCCCC(CC(F)(F)C(F)(F)F)O1. The number of phosphoric acid groups is 1. The lowest BCUT2D eigenvalue weighted by Gasteiger charge is -2.31. The predicted molar refractivity (Wildman–Crippen MR) is 57.1 cm³/mol. The van der Waals surface area contributed by atoms with Gasteiger partial charge >= 0.3 is 12.1 Å². The van der Waals surface area contributed by atoms with Crippen molar-refractivity contribution in [2.45, 2.75) is 56.7 Å². The van der Waals surface area contributed by atoms with Crippen LogP contribution in [0.5, 0.6) is 0 Å². The molecule has 0 aromatic heterocycles.